The van der Waals surface area contributed by atoms with Gasteiger partial charge in [-0.25, -0.2) is 8.42 Å². The van der Waals surface area contributed by atoms with Crippen LogP contribution in [0.4, 0.5) is 0 Å². The highest BCUT2D eigenvalue weighted by Crippen LogP contribution is 2.23. The molecule has 0 saturated carbocycles. The highest BCUT2D eigenvalue weighted by atomic mass is 35.5. The summed E-state index contributed by atoms with van der Waals surface area (Å²) in [5.41, 5.74) is 0. The number of hydrogen-bond acceptors (Lipinski definition) is 3. The van der Waals surface area contributed by atoms with Gasteiger partial charge >= 0.3 is 0 Å². The van der Waals surface area contributed by atoms with Crippen molar-refractivity contribution in [3.63, 3.8) is 0 Å². The van der Waals surface area contributed by atoms with E-state index in [1.165, 1.54) is 0 Å². The summed E-state index contributed by atoms with van der Waals surface area (Å²) in [7, 11) is 0.700. The molecule has 0 aliphatic carbocycles. The van der Waals surface area contributed by atoms with Crippen molar-refractivity contribution in [3.05, 3.63) is 29.3 Å². The largest absolute Gasteiger partial charge is 0.306 e. The van der Waals surface area contributed by atoms with Crippen LogP contribution in [0.3, 0.4) is 0 Å². The predicted molar refractivity (Wildman–Crippen MR) is 76.9 cm³/mol. The molecule has 1 aliphatic rings. The molecule has 0 atom stereocenters. The number of sulfonamides is 1. The van der Waals surface area contributed by atoms with Crippen LogP contribution in [0.25, 0.3) is 0 Å². The number of hydrogen-bond donors (Lipinski definition) is 0. The van der Waals surface area contributed by atoms with Crippen LogP contribution in [-0.2, 0) is 10.0 Å². The van der Waals surface area contributed by atoms with Gasteiger partial charge < -0.3 is 4.90 Å². The summed E-state index contributed by atoms with van der Waals surface area (Å²) in [5, 5.41) is 0.547. The zero-order valence-electron chi connectivity index (χ0n) is 11.2. The SMILES string of the molecule is CN(C)C1CCN(S(=O)(=O)c2ccc(Cl)cc2)CC1. The van der Waals surface area contributed by atoms with Crippen LogP contribution in [0.5, 0.6) is 0 Å². The third-order valence-corrected chi connectivity index (χ3v) is 5.77. The second-order valence-corrected chi connectivity index (χ2v) is 7.43. The summed E-state index contributed by atoms with van der Waals surface area (Å²) >= 11 is 5.79. The van der Waals surface area contributed by atoms with Gasteiger partial charge in [0.15, 0.2) is 0 Å². The van der Waals surface area contributed by atoms with Gasteiger partial charge in [0.05, 0.1) is 4.90 Å². The summed E-state index contributed by atoms with van der Waals surface area (Å²) in [4.78, 5) is 2.48. The molecule has 1 fully saturated rings. The number of piperidine rings is 1. The van der Waals surface area contributed by atoms with E-state index >= 15 is 0 Å². The van der Waals surface area contributed by atoms with Crippen LogP contribution < -0.4 is 0 Å². The monoisotopic (exact) mass is 302 g/mol. The molecule has 1 aliphatic heterocycles. The molecule has 6 heteroatoms. The lowest BCUT2D eigenvalue weighted by molar-refractivity contribution is 0.196. The standard InChI is InChI=1S/C13H19ClN2O2S/c1-15(2)12-7-9-16(10-8-12)19(17,18)13-5-3-11(14)4-6-13/h3-6,12H,7-10H2,1-2H3. The Kier molecular flexibility index (Phi) is 4.50. The molecule has 19 heavy (non-hydrogen) atoms. The minimum absolute atomic E-state index is 0.320. The first-order chi connectivity index (χ1) is 8.91. The number of benzene rings is 1. The summed E-state index contributed by atoms with van der Waals surface area (Å²) in [5.74, 6) is 0. The summed E-state index contributed by atoms with van der Waals surface area (Å²) in [6.45, 7) is 1.15. The average Bonchev–Trinajstić information content (AvgIpc) is 2.39. The summed E-state index contributed by atoms with van der Waals surface area (Å²) in [6, 6.07) is 6.82. The molecule has 0 bridgehead atoms. The van der Waals surface area contributed by atoms with Gasteiger partial charge in [0.25, 0.3) is 0 Å². The Morgan fingerprint density at radius 3 is 2.16 bits per heavy atom. The van der Waals surface area contributed by atoms with Gasteiger partial charge in [0.1, 0.15) is 0 Å². The molecule has 1 heterocycles. The Balaban J connectivity index is 2.12. The lowest BCUT2D eigenvalue weighted by Crippen LogP contribution is -2.44. The Labute approximate surface area is 120 Å². The highest BCUT2D eigenvalue weighted by molar-refractivity contribution is 7.89. The maximum Gasteiger partial charge on any atom is 0.243 e. The van der Waals surface area contributed by atoms with Gasteiger partial charge in [0, 0.05) is 24.2 Å². The molecule has 4 nitrogen and oxygen atoms in total. The lowest BCUT2D eigenvalue weighted by Gasteiger charge is -2.34. The number of halogens is 1. The van der Waals surface area contributed by atoms with E-state index in [9.17, 15) is 8.42 Å². The maximum absolute atomic E-state index is 12.4. The molecule has 0 amide bonds. The fraction of sp³-hybridized carbons (Fsp3) is 0.538. The molecule has 0 radical (unpaired) electrons. The van der Waals surface area contributed by atoms with Crippen LogP contribution in [0.1, 0.15) is 12.8 Å². The van der Waals surface area contributed by atoms with Crippen molar-refractivity contribution < 1.29 is 8.42 Å². The minimum atomic E-state index is -3.37. The molecule has 1 saturated heterocycles. The topological polar surface area (TPSA) is 40.6 Å². The molecular formula is C13H19ClN2O2S. The van der Waals surface area contributed by atoms with Gasteiger partial charge in [0.2, 0.25) is 10.0 Å². The van der Waals surface area contributed by atoms with Gasteiger partial charge in [-0.2, -0.15) is 4.31 Å². The van der Waals surface area contributed by atoms with Gasteiger partial charge in [-0.3, -0.25) is 0 Å². The lowest BCUT2D eigenvalue weighted by atomic mass is 10.1. The van der Waals surface area contributed by atoms with E-state index in [1.54, 1.807) is 28.6 Å². The number of rotatable bonds is 3. The second-order valence-electron chi connectivity index (χ2n) is 5.05. The third kappa shape index (κ3) is 3.28. The quantitative estimate of drug-likeness (QED) is 0.858. The first-order valence-electron chi connectivity index (χ1n) is 6.33. The van der Waals surface area contributed by atoms with Crippen molar-refractivity contribution in [1.82, 2.24) is 9.21 Å². The maximum atomic E-state index is 12.4. The molecule has 1 aromatic rings. The van der Waals surface area contributed by atoms with E-state index in [4.69, 9.17) is 11.6 Å². The highest BCUT2D eigenvalue weighted by Gasteiger charge is 2.29. The second kappa shape index (κ2) is 5.79. The van der Waals surface area contributed by atoms with Crippen molar-refractivity contribution in [1.29, 1.82) is 0 Å². The Morgan fingerprint density at radius 2 is 1.68 bits per heavy atom. The molecule has 2 rings (SSSR count). The molecule has 0 N–H and O–H groups in total. The van der Waals surface area contributed by atoms with E-state index in [1.807, 2.05) is 14.1 Å². The molecule has 106 valence electrons. The molecular weight excluding hydrogens is 284 g/mol. The van der Waals surface area contributed by atoms with Crippen molar-refractivity contribution in [3.8, 4) is 0 Å². The molecule has 0 spiro atoms. The van der Waals surface area contributed by atoms with Crippen LogP contribution in [-0.4, -0.2) is 50.8 Å². The zero-order chi connectivity index (χ0) is 14.0. The Bertz CT molecular complexity index is 520. The van der Waals surface area contributed by atoms with E-state index in [0.717, 1.165) is 12.8 Å². The smallest absolute Gasteiger partial charge is 0.243 e. The van der Waals surface area contributed by atoms with Crippen molar-refractivity contribution >= 4 is 21.6 Å². The van der Waals surface area contributed by atoms with E-state index in [-0.39, 0.29) is 0 Å². The molecule has 1 aromatic carbocycles. The normalized spacial score (nSPS) is 18.9. The molecule has 0 aromatic heterocycles. The van der Waals surface area contributed by atoms with Crippen LogP contribution in [0, 0.1) is 0 Å². The fourth-order valence-electron chi connectivity index (χ4n) is 2.35. The third-order valence-electron chi connectivity index (χ3n) is 3.61. The Hall–Kier alpha value is -0.620. The summed E-state index contributed by atoms with van der Waals surface area (Å²) in [6.07, 6.45) is 1.75. The Morgan fingerprint density at radius 1 is 1.16 bits per heavy atom. The van der Waals surface area contributed by atoms with Gasteiger partial charge in [-0.05, 0) is 51.2 Å². The van der Waals surface area contributed by atoms with E-state index < -0.39 is 10.0 Å². The van der Waals surface area contributed by atoms with Crippen molar-refractivity contribution in [2.45, 2.75) is 23.8 Å². The van der Waals surface area contributed by atoms with Crippen molar-refractivity contribution in [2.75, 3.05) is 27.2 Å². The first kappa shape index (κ1) is 14.8. The van der Waals surface area contributed by atoms with Crippen LogP contribution in [0.15, 0.2) is 29.2 Å². The number of nitrogens with zero attached hydrogens (tertiary/aromatic N) is 2. The fourth-order valence-corrected chi connectivity index (χ4v) is 3.95. The van der Waals surface area contributed by atoms with E-state index in [0.29, 0.717) is 29.0 Å². The van der Waals surface area contributed by atoms with Gasteiger partial charge in [-0.15, -0.1) is 0 Å². The minimum Gasteiger partial charge on any atom is -0.306 e. The van der Waals surface area contributed by atoms with Crippen molar-refractivity contribution in [2.24, 2.45) is 0 Å². The van der Waals surface area contributed by atoms with E-state index in [2.05, 4.69) is 4.90 Å². The summed E-state index contributed by atoms with van der Waals surface area (Å²) < 4.78 is 26.5. The van der Waals surface area contributed by atoms with Crippen LogP contribution in [0.2, 0.25) is 5.02 Å². The van der Waals surface area contributed by atoms with Gasteiger partial charge in [-0.1, -0.05) is 11.6 Å². The van der Waals surface area contributed by atoms with Crippen LogP contribution >= 0.6 is 11.6 Å². The predicted octanol–water partition coefficient (Wildman–Crippen LogP) is 2.05. The first-order valence-corrected chi connectivity index (χ1v) is 8.15. The zero-order valence-corrected chi connectivity index (χ0v) is 12.8. The average molecular weight is 303 g/mol. The molecule has 0 unspecified atom stereocenters.